The van der Waals surface area contributed by atoms with Gasteiger partial charge in [-0.3, -0.25) is 0 Å². The number of halogens is 1. The van der Waals surface area contributed by atoms with E-state index in [-0.39, 0.29) is 11.5 Å². The highest BCUT2D eigenvalue weighted by Crippen LogP contribution is 2.20. The van der Waals surface area contributed by atoms with Gasteiger partial charge in [0.05, 0.1) is 11.5 Å². The van der Waals surface area contributed by atoms with E-state index in [4.69, 9.17) is 11.6 Å². The third kappa shape index (κ3) is 2.50. The molecule has 19 heavy (non-hydrogen) atoms. The molecule has 0 unspecified atom stereocenters. The van der Waals surface area contributed by atoms with Crippen molar-refractivity contribution in [1.82, 2.24) is 19.6 Å². The van der Waals surface area contributed by atoms with Crippen molar-refractivity contribution in [3.8, 4) is 0 Å². The van der Waals surface area contributed by atoms with Crippen LogP contribution >= 0.6 is 11.6 Å². The van der Waals surface area contributed by atoms with Crippen LogP contribution in [0, 0.1) is 0 Å². The highest BCUT2D eigenvalue weighted by molar-refractivity contribution is 7.91. The van der Waals surface area contributed by atoms with Crippen molar-refractivity contribution < 1.29 is 8.42 Å². The Morgan fingerprint density at radius 2 is 2.11 bits per heavy atom. The molecule has 0 saturated carbocycles. The molecule has 7 nitrogen and oxygen atoms in total. The maximum Gasteiger partial charge on any atom is 0.255 e. The van der Waals surface area contributed by atoms with Gasteiger partial charge in [0.1, 0.15) is 17.3 Å². The first-order chi connectivity index (χ1) is 9.05. The van der Waals surface area contributed by atoms with E-state index in [1.54, 1.807) is 10.6 Å². The normalized spacial score (nSPS) is 19.5. The summed E-state index contributed by atoms with van der Waals surface area (Å²) in [5.74, 6) is 1.51. The van der Waals surface area contributed by atoms with Crippen LogP contribution in [0.2, 0.25) is 5.15 Å². The van der Waals surface area contributed by atoms with Gasteiger partial charge < -0.3 is 4.90 Å². The molecule has 0 atom stereocenters. The molecule has 1 aliphatic heterocycles. The number of hydrogen-bond acceptors (Lipinski definition) is 6. The van der Waals surface area contributed by atoms with Gasteiger partial charge in [0.15, 0.2) is 9.84 Å². The number of fused-ring (bicyclic) bond motifs is 1. The van der Waals surface area contributed by atoms with Gasteiger partial charge in [0, 0.05) is 19.2 Å². The van der Waals surface area contributed by atoms with Crippen LogP contribution in [0.1, 0.15) is 6.42 Å². The van der Waals surface area contributed by atoms with Crippen molar-refractivity contribution in [3.05, 3.63) is 17.5 Å². The van der Waals surface area contributed by atoms with Gasteiger partial charge in [-0.15, -0.1) is 0 Å². The minimum absolute atomic E-state index is 0.142. The van der Waals surface area contributed by atoms with Gasteiger partial charge in [-0.05, 0) is 6.42 Å². The zero-order valence-electron chi connectivity index (χ0n) is 10.0. The molecule has 0 aliphatic carbocycles. The molecule has 0 bridgehead atoms. The highest BCUT2D eigenvalue weighted by Gasteiger charge is 2.21. The minimum atomic E-state index is -2.95. The van der Waals surface area contributed by atoms with E-state index in [0.717, 1.165) is 5.82 Å². The molecule has 0 N–H and O–H groups in total. The lowest BCUT2D eigenvalue weighted by Gasteiger charge is -2.22. The molecule has 0 spiro atoms. The highest BCUT2D eigenvalue weighted by atomic mass is 35.5. The molecule has 1 fully saturated rings. The topological polar surface area (TPSA) is 80.5 Å². The summed E-state index contributed by atoms with van der Waals surface area (Å²) in [6, 6.07) is 1.68. The molecule has 1 aliphatic rings. The van der Waals surface area contributed by atoms with Gasteiger partial charge >= 0.3 is 0 Å². The fourth-order valence-electron chi connectivity index (χ4n) is 2.16. The van der Waals surface area contributed by atoms with Crippen LogP contribution in [0.5, 0.6) is 0 Å². The van der Waals surface area contributed by atoms with Crippen LogP contribution in [0.3, 0.4) is 0 Å². The second-order valence-corrected chi connectivity index (χ2v) is 7.09. The van der Waals surface area contributed by atoms with Crippen LogP contribution in [0.4, 0.5) is 5.82 Å². The fourth-order valence-corrected chi connectivity index (χ4v) is 3.61. The average molecular weight is 302 g/mol. The van der Waals surface area contributed by atoms with Crippen molar-refractivity contribution >= 4 is 33.0 Å². The lowest BCUT2D eigenvalue weighted by atomic mass is 10.4. The lowest BCUT2D eigenvalue weighted by Crippen LogP contribution is -2.28. The molecule has 102 valence electrons. The van der Waals surface area contributed by atoms with E-state index in [9.17, 15) is 8.42 Å². The summed E-state index contributed by atoms with van der Waals surface area (Å²) in [7, 11) is -2.95. The fraction of sp³-hybridized carbons (Fsp3) is 0.500. The molecule has 3 heterocycles. The molecule has 1 saturated heterocycles. The summed E-state index contributed by atoms with van der Waals surface area (Å²) in [4.78, 5) is 10.0. The Morgan fingerprint density at radius 3 is 2.95 bits per heavy atom. The maximum absolute atomic E-state index is 11.6. The summed E-state index contributed by atoms with van der Waals surface area (Å²) >= 11 is 5.96. The molecular formula is C10H12ClN5O2S. The first-order valence-electron chi connectivity index (χ1n) is 5.87. The van der Waals surface area contributed by atoms with Gasteiger partial charge in [-0.25, -0.2) is 8.42 Å². The maximum atomic E-state index is 11.6. The van der Waals surface area contributed by atoms with Crippen molar-refractivity contribution in [3.63, 3.8) is 0 Å². The van der Waals surface area contributed by atoms with Crippen molar-refractivity contribution in [2.75, 3.05) is 29.5 Å². The largest absolute Gasteiger partial charge is 0.355 e. The number of sulfone groups is 1. The number of rotatable bonds is 1. The zero-order valence-corrected chi connectivity index (χ0v) is 11.6. The van der Waals surface area contributed by atoms with E-state index >= 15 is 0 Å². The Hall–Kier alpha value is -1.41. The summed E-state index contributed by atoms with van der Waals surface area (Å²) in [6.45, 7) is 1.08. The quantitative estimate of drug-likeness (QED) is 0.709. The summed E-state index contributed by atoms with van der Waals surface area (Å²) in [5, 5.41) is 4.42. The van der Waals surface area contributed by atoms with Crippen LogP contribution in [0.15, 0.2) is 12.4 Å². The second-order valence-electron chi connectivity index (χ2n) is 4.40. The molecule has 2 aromatic heterocycles. The molecule has 0 aromatic carbocycles. The van der Waals surface area contributed by atoms with Crippen LogP contribution in [-0.4, -0.2) is 52.6 Å². The standard InChI is InChI=1S/C10H12ClN5O2S/c11-8-6-9(16-10(14-8)12-7-13-16)15-2-1-4-19(17,18)5-3-15/h6-7H,1-5H2. The van der Waals surface area contributed by atoms with E-state index in [0.29, 0.717) is 30.4 Å². The molecule has 0 radical (unpaired) electrons. The second kappa shape index (κ2) is 4.61. The van der Waals surface area contributed by atoms with Crippen LogP contribution < -0.4 is 4.90 Å². The number of anilines is 1. The Bertz CT molecular complexity index is 714. The molecular weight excluding hydrogens is 290 g/mol. The van der Waals surface area contributed by atoms with Gasteiger partial charge in [-0.1, -0.05) is 11.6 Å². The zero-order chi connectivity index (χ0) is 13.5. The SMILES string of the molecule is O=S1(=O)CCCN(c2cc(Cl)nc3ncnn23)CC1. The lowest BCUT2D eigenvalue weighted by molar-refractivity contribution is 0.597. The van der Waals surface area contributed by atoms with E-state index < -0.39 is 9.84 Å². The van der Waals surface area contributed by atoms with Gasteiger partial charge in [-0.2, -0.15) is 19.6 Å². The van der Waals surface area contributed by atoms with Crippen molar-refractivity contribution in [1.29, 1.82) is 0 Å². The molecule has 0 amide bonds. The number of nitrogens with zero attached hydrogens (tertiary/aromatic N) is 5. The van der Waals surface area contributed by atoms with Crippen molar-refractivity contribution in [2.45, 2.75) is 6.42 Å². The molecule has 9 heteroatoms. The van der Waals surface area contributed by atoms with E-state index in [1.165, 1.54) is 6.33 Å². The van der Waals surface area contributed by atoms with Gasteiger partial charge in [0.2, 0.25) is 0 Å². The molecule has 2 aromatic rings. The predicted octanol–water partition coefficient (Wildman–Crippen LogP) is 0.403. The van der Waals surface area contributed by atoms with E-state index in [1.807, 2.05) is 4.90 Å². The van der Waals surface area contributed by atoms with E-state index in [2.05, 4.69) is 15.1 Å². The van der Waals surface area contributed by atoms with Gasteiger partial charge in [0.25, 0.3) is 5.78 Å². The summed E-state index contributed by atoms with van der Waals surface area (Å²) in [6.07, 6.45) is 2.00. The first kappa shape index (κ1) is 12.6. The van der Waals surface area contributed by atoms with Crippen LogP contribution in [0.25, 0.3) is 5.78 Å². The monoisotopic (exact) mass is 301 g/mol. The number of aromatic nitrogens is 4. The minimum Gasteiger partial charge on any atom is -0.355 e. The third-order valence-electron chi connectivity index (χ3n) is 3.08. The van der Waals surface area contributed by atoms with Crippen molar-refractivity contribution in [2.24, 2.45) is 0 Å². The predicted molar refractivity (Wildman–Crippen MR) is 71.3 cm³/mol. The first-order valence-corrected chi connectivity index (χ1v) is 8.07. The Morgan fingerprint density at radius 1 is 1.26 bits per heavy atom. The summed E-state index contributed by atoms with van der Waals surface area (Å²) in [5.41, 5.74) is 0. The third-order valence-corrected chi connectivity index (χ3v) is 4.99. The molecule has 3 rings (SSSR count). The smallest absolute Gasteiger partial charge is 0.255 e. The Balaban J connectivity index is 2.02. The number of hydrogen-bond donors (Lipinski definition) is 0. The Labute approximate surface area is 115 Å². The average Bonchev–Trinajstić information content (AvgIpc) is 2.72. The van der Waals surface area contributed by atoms with Crippen LogP contribution in [-0.2, 0) is 9.84 Å². The summed E-state index contributed by atoms with van der Waals surface area (Å²) < 4.78 is 24.8. The Kier molecular flexibility index (Phi) is 3.06.